The Morgan fingerprint density at radius 3 is 2.56 bits per heavy atom. The van der Waals surface area contributed by atoms with Gasteiger partial charge in [0.05, 0.1) is 28.7 Å². The first-order chi connectivity index (χ1) is 15.5. The molecule has 0 aliphatic carbocycles. The second kappa shape index (κ2) is 8.29. The first-order valence-electron chi connectivity index (χ1n) is 10.3. The molecule has 0 spiro atoms. The van der Waals surface area contributed by atoms with Crippen molar-refractivity contribution < 1.29 is 9.18 Å². The Bertz CT molecular complexity index is 1350. The number of hydrogen-bond acceptors (Lipinski definition) is 5. The van der Waals surface area contributed by atoms with Crippen LogP contribution in [0.1, 0.15) is 6.42 Å². The molecular formula is C24H21FN4O2S. The van der Waals surface area contributed by atoms with Crippen LogP contribution in [0.2, 0.25) is 0 Å². The highest BCUT2D eigenvalue weighted by Crippen LogP contribution is 2.29. The maximum atomic E-state index is 14.2. The number of benzene rings is 2. The third-order valence-corrected chi connectivity index (χ3v) is 6.71. The number of carbonyl (C=O) groups is 1. The van der Waals surface area contributed by atoms with E-state index >= 15 is 0 Å². The number of thiophene rings is 1. The number of rotatable bonds is 5. The molecule has 8 heteroatoms. The number of fused-ring (bicyclic) bond motifs is 1. The van der Waals surface area contributed by atoms with Crippen molar-refractivity contribution in [2.24, 2.45) is 0 Å². The minimum absolute atomic E-state index is 0.156. The Morgan fingerprint density at radius 2 is 1.81 bits per heavy atom. The van der Waals surface area contributed by atoms with E-state index in [-0.39, 0.29) is 23.8 Å². The molecule has 1 amide bonds. The predicted molar refractivity (Wildman–Crippen MR) is 124 cm³/mol. The van der Waals surface area contributed by atoms with Crippen LogP contribution >= 0.6 is 11.3 Å². The van der Waals surface area contributed by atoms with E-state index in [1.54, 1.807) is 42.6 Å². The normalized spacial score (nSPS) is 16.4. The molecule has 2 aromatic heterocycles. The van der Waals surface area contributed by atoms with Crippen LogP contribution in [0.4, 0.5) is 10.1 Å². The predicted octanol–water partition coefficient (Wildman–Crippen LogP) is 3.96. The molecule has 3 heterocycles. The summed E-state index contributed by atoms with van der Waals surface area (Å²) in [5.74, 6) is -0.595. The fourth-order valence-corrected chi connectivity index (χ4v) is 4.94. The summed E-state index contributed by atoms with van der Waals surface area (Å²) in [5.41, 5.74) is 0.827. The Balaban J connectivity index is 1.46. The molecule has 0 N–H and O–H groups in total. The third-order valence-electron chi connectivity index (χ3n) is 5.83. The number of likely N-dealkylation sites (N-methyl/N-ethyl adjacent to an activating group) is 1. The SMILES string of the molecule is CN(Cn1nc(-c2cccs2)c2ccccc2c1=O)C1CCN(c2ccccc2F)C1=O. The number of anilines is 1. The first kappa shape index (κ1) is 20.5. The number of para-hydroxylation sites is 1. The smallest absolute Gasteiger partial charge is 0.275 e. The maximum Gasteiger partial charge on any atom is 0.275 e. The van der Waals surface area contributed by atoms with Crippen LogP contribution in [-0.2, 0) is 11.5 Å². The van der Waals surface area contributed by atoms with E-state index in [1.807, 2.05) is 40.6 Å². The number of carbonyl (C=O) groups excluding carboxylic acids is 1. The van der Waals surface area contributed by atoms with E-state index in [4.69, 9.17) is 0 Å². The Hall–Kier alpha value is -3.36. The third kappa shape index (κ3) is 3.51. The molecule has 4 aromatic rings. The standard InChI is InChI=1S/C24H21FN4O2S/c1-27(20-12-13-28(24(20)31)19-10-5-4-9-18(19)25)15-29-23(30)17-8-3-2-7-16(17)22(26-29)21-11-6-14-32-21/h2-11,14,20H,12-13,15H2,1H3. The lowest BCUT2D eigenvalue weighted by atomic mass is 10.1. The van der Waals surface area contributed by atoms with Crippen molar-refractivity contribution in [3.8, 4) is 10.6 Å². The van der Waals surface area contributed by atoms with Gasteiger partial charge in [0.25, 0.3) is 5.56 Å². The highest BCUT2D eigenvalue weighted by Gasteiger charge is 2.36. The quantitative estimate of drug-likeness (QED) is 0.464. The molecule has 32 heavy (non-hydrogen) atoms. The van der Waals surface area contributed by atoms with Gasteiger partial charge in [0.15, 0.2) is 0 Å². The molecular weight excluding hydrogens is 427 g/mol. The van der Waals surface area contributed by atoms with Crippen molar-refractivity contribution >= 4 is 33.7 Å². The number of halogens is 1. The molecule has 1 fully saturated rings. The average Bonchev–Trinajstić information content (AvgIpc) is 3.46. The molecule has 5 rings (SSSR count). The van der Waals surface area contributed by atoms with E-state index in [0.29, 0.717) is 18.4 Å². The fourth-order valence-electron chi connectivity index (χ4n) is 4.22. The minimum atomic E-state index is -0.458. The van der Waals surface area contributed by atoms with Crippen molar-refractivity contribution in [3.05, 3.63) is 82.2 Å². The second-order valence-electron chi connectivity index (χ2n) is 7.82. The summed E-state index contributed by atoms with van der Waals surface area (Å²) in [7, 11) is 1.79. The Morgan fingerprint density at radius 1 is 1.06 bits per heavy atom. The van der Waals surface area contributed by atoms with Crippen LogP contribution in [0.5, 0.6) is 0 Å². The highest BCUT2D eigenvalue weighted by atomic mass is 32.1. The zero-order valence-corrected chi connectivity index (χ0v) is 18.3. The summed E-state index contributed by atoms with van der Waals surface area (Å²) >= 11 is 1.56. The van der Waals surface area contributed by atoms with E-state index in [1.165, 1.54) is 15.6 Å². The summed E-state index contributed by atoms with van der Waals surface area (Å²) in [6.07, 6.45) is 0.545. The molecule has 0 saturated carbocycles. The lowest BCUT2D eigenvalue weighted by Gasteiger charge is -2.24. The number of nitrogens with zero attached hydrogens (tertiary/aromatic N) is 4. The van der Waals surface area contributed by atoms with Gasteiger partial charge in [-0.2, -0.15) is 5.10 Å². The highest BCUT2D eigenvalue weighted by molar-refractivity contribution is 7.13. The zero-order valence-electron chi connectivity index (χ0n) is 17.4. The molecule has 1 unspecified atom stereocenters. The molecule has 1 aliphatic rings. The molecule has 6 nitrogen and oxygen atoms in total. The zero-order chi connectivity index (χ0) is 22.2. The Kier molecular flexibility index (Phi) is 5.32. The van der Waals surface area contributed by atoms with E-state index in [0.717, 1.165) is 16.0 Å². The molecule has 0 radical (unpaired) electrons. The van der Waals surface area contributed by atoms with Crippen molar-refractivity contribution in [2.45, 2.75) is 19.1 Å². The number of aromatic nitrogens is 2. The summed E-state index contributed by atoms with van der Waals surface area (Å²) in [6.45, 7) is 0.582. The Labute approximate surface area is 188 Å². The van der Waals surface area contributed by atoms with Crippen LogP contribution in [0.15, 0.2) is 70.8 Å². The topological polar surface area (TPSA) is 58.4 Å². The van der Waals surface area contributed by atoms with Gasteiger partial charge in [0.2, 0.25) is 5.91 Å². The molecule has 1 aliphatic heterocycles. The summed E-state index contributed by atoms with van der Waals surface area (Å²) in [4.78, 5) is 30.5. The van der Waals surface area contributed by atoms with Crippen LogP contribution in [0.25, 0.3) is 21.3 Å². The monoisotopic (exact) mass is 448 g/mol. The van der Waals surface area contributed by atoms with Crippen molar-refractivity contribution in [1.29, 1.82) is 0 Å². The van der Waals surface area contributed by atoms with Gasteiger partial charge in [0, 0.05) is 11.9 Å². The van der Waals surface area contributed by atoms with Gasteiger partial charge < -0.3 is 4.90 Å². The molecule has 162 valence electrons. The minimum Gasteiger partial charge on any atom is -0.308 e. The first-order valence-corrected chi connectivity index (χ1v) is 11.2. The van der Waals surface area contributed by atoms with Gasteiger partial charge in [-0.25, -0.2) is 9.07 Å². The van der Waals surface area contributed by atoms with Gasteiger partial charge >= 0.3 is 0 Å². The molecule has 2 aromatic carbocycles. The van der Waals surface area contributed by atoms with Gasteiger partial charge in [-0.15, -0.1) is 11.3 Å². The van der Waals surface area contributed by atoms with Crippen LogP contribution < -0.4 is 10.5 Å². The van der Waals surface area contributed by atoms with Gasteiger partial charge in [-0.05, 0) is 43.1 Å². The second-order valence-corrected chi connectivity index (χ2v) is 8.77. The van der Waals surface area contributed by atoms with Crippen molar-refractivity contribution in [3.63, 3.8) is 0 Å². The van der Waals surface area contributed by atoms with Crippen LogP contribution in [0.3, 0.4) is 0 Å². The summed E-state index contributed by atoms with van der Waals surface area (Å²) in [5, 5.41) is 8.03. The van der Waals surface area contributed by atoms with Crippen molar-refractivity contribution in [1.82, 2.24) is 14.7 Å². The fraction of sp³-hybridized carbons (Fsp3) is 0.208. The van der Waals surface area contributed by atoms with E-state index in [9.17, 15) is 14.0 Å². The van der Waals surface area contributed by atoms with Gasteiger partial charge in [-0.1, -0.05) is 36.4 Å². The molecule has 1 saturated heterocycles. The van der Waals surface area contributed by atoms with Crippen LogP contribution in [-0.4, -0.2) is 40.2 Å². The van der Waals surface area contributed by atoms with E-state index in [2.05, 4.69) is 5.10 Å². The lowest BCUT2D eigenvalue weighted by Crippen LogP contribution is -2.43. The molecule has 1 atom stereocenters. The van der Waals surface area contributed by atoms with Gasteiger partial charge in [0.1, 0.15) is 11.5 Å². The number of hydrogen-bond donors (Lipinski definition) is 0. The van der Waals surface area contributed by atoms with Crippen LogP contribution in [0, 0.1) is 5.82 Å². The lowest BCUT2D eigenvalue weighted by molar-refractivity contribution is -0.121. The molecule has 0 bridgehead atoms. The average molecular weight is 449 g/mol. The summed E-state index contributed by atoms with van der Waals surface area (Å²) in [6, 6.07) is 17.2. The largest absolute Gasteiger partial charge is 0.308 e. The van der Waals surface area contributed by atoms with Crippen molar-refractivity contribution in [2.75, 3.05) is 18.5 Å². The number of amides is 1. The maximum absolute atomic E-state index is 14.2. The van der Waals surface area contributed by atoms with E-state index < -0.39 is 11.9 Å². The van der Waals surface area contributed by atoms with Gasteiger partial charge in [-0.3, -0.25) is 14.5 Å². The summed E-state index contributed by atoms with van der Waals surface area (Å²) < 4.78 is 15.6.